The van der Waals surface area contributed by atoms with E-state index in [0.717, 1.165) is 49.5 Å². The molecule has 1 saturated heterocycles. The van der Waals surface area contributed by atoms with E-state index in [0.29, 0.717) is 11.6 Å². The number of fused-ring (bicyclic) bond motifs is 1. The highest BCUT2D eigenvalue weighted by atomic mass is 35.5. The second kappa shape index (κ2) is 6.52. The molecule has 5 nitrogen and oxygen atoms in total. The highest BCUT2D eigenvalue weighted by Gasteiger charge is 2.33. The normalized spacial score (nSPS) is 17.6. The third-order valence-electron chi connectivity index (χ3n) is 4.80. The van der Waals surface area contributed by atoms with Gasteiger partial charge in [0.2, 0.25) is 0 Å². The zero-order valence-electron chi connectivity index (χ0n) is 13.8. The van der Waals surface area contributed by atoms with Crippen LogP contribution in [0.3, 0.4) is 0 Å². The molecule has 1 N–H and O–H groups in total. The molecule has 0 aliphatic carbocycles. The standard InChI is InChI=1S/C18H20ClN3O2S/c19-14-3-1-4-15(13-14)25(23,24)22-10-7-16-17(5-2-6-18(16)22)21-11-8-20-9-12-21/h1-6,13,20H,7-12H2. The van der Waals surface area contributed by atoms with Crippen molar-refractivity contribution in [3.63, 3.8) is 0 Å². The Hall–Kier alpha value is -1.76. The van der Waals surface area contributed by atoms with Crippen LogP contribution in [0.5, 0.6) is 0 Å². The minimum Gasteiger partial charge on any atom is -0.369 e. The van der Waals surface area contributed by atoms with Crippen LogP contribution in [0.15, 0.2) is 47.4 Å². The van der Waals surface area contributed by atoms with Crippen molar-refractivity contribution in [3.8, 4) is 0 Å². The fraction of sp³-hybridized carbons (Fsp3) is 0.333. The Balaban J connectivity index is 1.72. The average Bonchev–Trinajstić information content (AvgIpc) is 3.07. The lowest BCUT2D eigenvalue weighted by atomic mass is 10.1. The molecule has 4 rings (SSSR count). The Kier molecular flexibility index (Phi) is 4.35. The molecule has 0 radical (unpaired) electrons. The van der Waals surface area contributed by atoms with E-state index in [2.05, 4.69) is 16.3 Å². The van der Waals surface area contributed by atoms with Gasteiger partial charge in [0.1, 0.15) is 0 Å². The van der Waals surface area contributed by atoms with Crippen LogP contribution < -0.4 is 14.5 Å². The molecule has 0 unspecified atom stereocenters. The second-order valence-corrected chi connectivity index (χ2v) is 8.60. The number of hydrogen-bond donors (Lipinski definition) is 1. The minimum atomic E-state index is -3.60. The van der Waals surface area contributed by atoms with Gasteiger partial charge in [0.15, 0.2) is 0 Å². The zero-order valence-corrected chi connectivity index (χ0v) is 15.4. The molecule has 0 bridgehead atoms. The van der Waals surface area contributed by atoms with Crippen molar-refractivity contribution in [3.05, 3.63) is 53.1 Å². The Bertz CT molecular complexity index is 895. The van der Waals surface area contributed by atoms with E-state index >= 15 is 0 Å². The molecule has 0 saturated carbocycles. The quantitative estimate of drug-likeness (QED) is 0.893. The first-order valence-electron chi connectivity index (χ1n) is 8.43. The van der Waals surface area contributed by atoms with Crippen LogP contribution in [-0.4, -0.2) is 41.1 Å². The Morgan fingerprint density at radius 1 is 0.960 bits per heavy atom. The molecule has 132 valence electrons. The SMILES string of the molecule is O=S(=O)(c1cccc(Cl)c1)N1CCc2c(N3CCNCC3)cccc21. The van der Waals surface area contributed by atoms with Crippen molar-refractivity contribution in [2.45, 2.75) is 11.3 Å². The molecular formula is C18H20ClN3O2S. The molecule has 0 atom stereocenters. The third-order valence-corrected chi connectivity index (χ3v) is 6.85. The average molecular weight is 378 g/mol. The van der Waals surface area contributed by atoms with Gasteiger partial charge in [0, 0.05) is 49.0 Å². The van der Waals surface area contributed by atoms with E-state index < -0.39 is 10.0 Å². The largest absolute Gasteiger partial charge is 0.369 e. The lowest BCUT2D eigenvalue weighted by Crippen LogP contribution is -2.43. The van der Waals surface area contributed by atoms with Gasteiger partial charge < -0.3 is 10.2 Å². The molecule has 0 amide bonds. The summed E-state index contributed by atoms with van der Waals surface area (Å²) in [7, 11) is -3.60. The molecule has 2 aromatic rings. The maximum Gasteiger partial charge on any atom is 0.264 e. The summed E-state index contributed by atoms with van der Waals surface area (Å²) in [6.07, 6.45) is 0.731. The van der Waals surface area contributed by atoms with Gasteiger partial charge in [-0.3, -0.25) is 4.31 Å². The molecule has 7 heteroatoms. The molecule has 1 fully saturated rings. The summed E-state index contributed by atoms with van der Waals surface area (Å²) in [6, 6.07) is 12.4. The second-order valence-electron chi connectivity index (χ2n) is 6.30. The van der Waals surface area contributed by atoms with Gasteiger partial charge in [-0.25, -0.2) is 8.42 Å². The van der Waals surface area contributed by atoms with Gasteiger partial charge in [0.25, 0.3) is 10.0 Å². The highest BCUT2D eigenvalue weighted by molar-refractivity contribution is 7.92. The Morgan fingerprint density at radius 3 is 2.44 bits per heavy atom. The van der Waals surface area contributed by atoms with Crippen molar-refractivity contribution in [2.24, 2.45) is 0 Å². The molecule has 2 aliphatic heterocycles. The van der Waals surface area contributed by atoms with E-state index in [4.69, 9.17) is 11.6 Å². The van der Waals surface area contributed by atoms with Crippen LogP contribution in [0, 0.1) is 0 Å². The number of anilines is 2. The molecule has 25 heavy (non-hydrogen) atoms. The molecule has 0 spiro atoms. The van der Waals surface area contributed by atoms with Gasteiger partial charge in [-0.15, -0.1) is 0 Å². The zero-order chi connectivity index (χ0) is 17.4. The number of nitrogens with zero attached hydrogens (tertiary/aromatic N) is 2. The fourth-order valence-corrected chi connectivity index (χ4v) is 5.39. The Morgan fingerprint density at radius 2 is 1.68 bits per heavy atom. The number of rotatable bonds is 3. The summed E-state index contributed by atoms with van der Waals surface area (Å²) in [4.78, 5) is 2.57. The topological polar surface area (TPSA) is 52.7 Å². The van der Waals surface area contributed by atoms with Crippen LogP contribution >= 0.6 is 11.6 Å². The minimum absolute atomic E-state index is 0.237. The maximum absolute atomic E-state index is 13.1. The van der Waals surface area contributed by atoms with Crippen molar-refractivity contribution in [1.29, 1.82) is 0 Å². The summed E-state index contributed by atoms with van der Waals surface area (Å²) in [5.74, 6) is 0. The predicted octanol–water partition coefficient (Wildman–Crippen LogP) is 2.50. The van der Waals surface area contributed by atoms with Crippen molar-refractivity contribution < 1.29 is 8.42 Å². The molecule has 0 aromatic heterocycles. The lowest BCUT2D eigenvalue weighted by Gasteiger charge is -2.31. The van der Waals surface area contributed by atoms with Gasteiger partial charge in [-0.1, -0.05) is 23.7 Å². The molecule has 2 heterocycles. The van der Waals surface area contributed by atoms with Crippen molar-refractivity contribution in [2.75, 3.05) is 41.9 Å². The van der Waals surface area contributed by atoms with Gasteiger partial charge in [-0.05, 0) is 36.8 Å². The first-order chi connectivity index (χ1) is 12.1. The number of piperazine rings is 1. The number of nitrogens with one attached hydrogen (secondary N) is 1. The van der Waals surface area contributed by atoms with Crippen molar-refractivity contribution >= 4 is 33.0 Å². The van der Waals surface area contributed by atoms with Crippen LogP contribution in [0.1, 0.15) is 5.56 Å². The lowest BCUT2D eigenvalue weighted by molar-refractivity contribution is 0.588. The van der Waals surface area contributed by atoms with E-state index in [-0.39, 0.29) is 4.90 Å². The third kappa shape index (κ3) is 2.99. The van der Waals surface area contributed by atoms with Gasteiger partial charge in [0.05, 0.1) is 10.6 Å². The van der Waals surface area contributed by atoms with E-state index in [1.54, 1.807) is 18.2 Å². The van der Waals surface area contributed by atoms with Crippen LogP contribution in [-0.2, 0) is 16.4 Å². The molecule has 2 aromatic carbocycles. The monoisotopic (exact) mass is 377 g/mol. The smallest absolute Gasteiger partial charge is 0.264 e. The summed E-state index contributed by atoms with van der Waals surface area (Å²) in [5, 5.41) is 3.78. The van der Waals surface area contributed by atoms with E-state index in [1.807, 2.05) is 12.1 Å². The van der Waals surface area contributed by atoms with Crippen molar-refractivity contribution in [1.82, 2.24) is 5.32 Å². The summed E-state index contributed by atoms with van der Waals surface area (Å²) < 4.78 is 27.7. The number of sulfonamides is 1. The van der Waals surface area contributed by atoms with Crippen LogP contribution in [0.2, 0.25) is 5.02 Å². The number of hydrogen-bond acceptors (Lipinski definition) is 4. The number of benzene rings is 2. The summed E-state index contributed by atoms with van der Waals surface area (Å²) in [5.41, 5.74) is 3.06. The van der Waals surface area contributed by atoms with Gasteiger partial charge >= 0.3 is 0 Å². The van der Waals surface area contributed by atoms with Gasteiger partial charge in [-0.2, -0.15) is 0 Å². The molecule has 2 aliphatic rings. The molecular weight excluding hydrogens is 358 g/mol. The predicted molar refractivity (Wildman–Crippen MR) is 101 cm³/mol. The first-order valence-corrected chi connectivity index (χ1v) is 10.2. The summed E-state index contributed by atoms with van der Waals surface area (Å²) in [6.45, 7) is 4.25. The maximum atomic E-state index is 13.1. The number of halogens is 1. The van der Waals surface area contributed by atoms with Crippen LogP contribution in [0.4, 0.5) is 11.4 Å². The Labute approximate surface area is 153 Å². The summed E-state index contributed by atoms with van der Waals surface area (Å²) >= 11 is 5.99. The highest BCUT2D eigenvalue weighted by Crippen LogP contribution is 2.38. The van der Waals surface area contributed by atoms with E-state index in [9.17, 15) is 8.42 Å². The fourth-order valence-electron chi connectivity index (χ4n) is 3.59. The first kappa shape index (κ1) is 16.7. The van der Waals surface area contributed by atoms with E-state index in [1.165, 1.54) is 10.4 Å². The van der Waals surface area contributed by atoms with Crippen LogP contribution in [0.25, 0.3) is 0 Å².